The molecular weight excluding hydrogens is 315 g/mol. The van der Waals surface area contributed by atoms with Gasteiger partial charge in [-0.2, -0.15) is 13.2 Å². The van der Waals surface area contributed by atoms with Gasteiger partial charge in [0.2, 0.25) is 0 Å². The van der Waals surface area contributed by atoms with Crippen LogP contribution in [0, 0.1) is 6.92 Å². The zero-order valence-electron chi connectivity index (χ0n) is 11.5. The fourth-order valence-electron chi connectivity index (χ4n) is 2.30. The summed E-state index contributed by atoms with van der Waals surface area (Å²) < 4.78 is 40.9. The van der Waals surface area contributed by atoms with Crippen molar-refractivity contribution in [1.29, 1.82) is 0 Å². The van der Waals surface area contributed by atoms with E-state index in [-0.39, 0.29) is 11.2 Å². The van der Waals surface area contributed by atoms with Gasteiger partial charge in [-0.15, -0.1) is 0 Å². The number of imidazole rings is 1. The summed E-state index contributed by atoms with van der Waals surface area (Å²) in [6, 6.07) is 8.17. The number of alkyl halides is 3. The minimum atomic E-state index is -4.46. The lowest BCUT2D eigenvalue weighted by molar-refractivity contribution is -0.136. The summed E-state index contributed by atoms with van der Waals surface area (Å²) in [5, 5.41) is 0.549. The molecule has 1 aromatic carbocycles. The first kappa shape index (κ1) is 14.8. The number of hydrogen-bond donors (Lipinski definition) is 0. The van der Waals surface area contributed by atoms with Crippen molar-refractivity contribution in [3.05, 3.63) is 58.5 Å². The number of benzene rings is 1. The van der Waals surface area contributed by atoms with Crippen LogP contribution in [-0.4, -0.2) is 14.5 Å². The Morgan fingerprint density at radius 3 is 2.64 bits per heavy atom. The van der Waals surface area contributed by atoms with E-state index in [1.807, 2.05) is 12.1 Å². The average molecular weight is 326 g/mol. The molecule has 2 heterocycles. The van der Waals surface area contributed by atoms with E-state index in [2.05, 4.69) is 9.97 Å². The lowest BCUT2D eigenvalue weighted by Crippen LogP contribution is -2.08. The summed E-state index contributed by atoms with van der Waals surface area (Å²) in [5.41, 5.74) is 0.367. The molecule has 0 aliphatic heterocycles. The predicted molar refractivity (Wildman–Crippen MR) is 77.8 cm³/mol. The lowest BCUT2D eigenvalue weighted by Gasteiger charge is -2.10. The van der Waals surface area contributed by atoms with Gasteiger partial charge >= 0.3 is 6.18 Å². The van der Waals surface area contributed by atoms with E-state index in [0.29, 0.717) is 17.3 Å². The Bertz CT molecular complexity index is 840. The van der Waals surface area contributed by atoms with Crippen LogP contribution in [0.4, 0.5) is 13.2 Å². The molecule has 3 rings (SSSR count). The van der Waals surface area contributed by atoms with Crippen LogP contribution < -0.4 is 0 Å². The van der Waals surface area contributed by atoms with Gasteiger partial charge in [0.15, 0.2) is 5.65 Å². The largest absolute Gasteiger partial charge is 0.418 e. The monoisotopic (exact) mass is 325 g/mol. The molecule has 0 bridgehead atoms. The number of halogens is 4. The quantitative estimate of drug-likeness (QED) is 0.696. The highest BCUT2D eigenvalue weighted by Crippen LogP contribution is 2.34. The van der Waals surface area contributed by atoms with Gasteiger partial charge in [-0.05, 0) is 24.6 Å². The molecule has 0 spiro atoms. The summed E-state index contributed by atoms with van der Waals surface area (Å²) in [7, 11) is 0. The highest BCUT2D eigenvalue weighted by Gasteiger charge is 2.34. The standard InChI is InChI=1S/C15H11ClF3N3/c1-9-6-11(15(17,18)19)13-14(21-9)22(8-20-13)7-10-4-2-3-5-12(10)16/h2-6,8H,7H2,1H3. The van der Waals surface area contributed by atoms with Gasteiger partial charge < -0.3 is 4.57 Å². The summed E-state index contributed by atoms with van der Waals surface area (Å²) in [6.45, 7) is 1.84. The Balaban J connectivity index is 2.13. The van der Waals surface area contributed by atoms with E-state index in [4.69, 9.17) is 11.6 Å². The lowest BCUT2D eigenvalue weighted by atomic mass is 10.2. The van der Waals surface area contributed by atoms with Crippen LogP contribution in [0.5, 0.6) is 0 Å². The maximum atomic E-state index is 13.1. The second-order valence-electron chi connectivity index (χ2n) is 4.95. The van der Waals surface area contributed by atoms with Crippen molar-refractivity contribution >= 4 is 22.8 Å². The fourth-order valence-corrected chi connectivity index (χ4v) is 2.50. The molecule has 0 unspecified atom stereocenters. The van der Waals surface area contributed by atoms with Crippen LogP contribution in [0.15, 0.2) is 36.7 Å². The summed E-state index contributed by atoms with van der Waals surface area (Å²) in [4.78, 5) is 8.08. The Morgan fingerprint density at radius 2 is 1.95 bits per heavy atom. The zero-order chi connectivity index (χ0) is 15.9. The topological polar surface area (TPSA) is 30.7 Å². The number of hydrogen-bond acceptors (Lipinski definition) is 2. The van der Waals surface area contributed by atoms with Crippen LogP contribution >= 0.6 is 11.6 Å². The Labute approximate surface area is 129 Å². The fraction of sp³-hybridized carbons (Fsp3) is 0.200. The third-order valence-corrected chi connectivity index (χ3v) is 3.67. The number of nitrogens with zero attached hydrogens (tertiary/aromatic N) is 3. The molecule has 0 aliphatic carbocycles. The maximum absolute atomic E-state index is 13.1. The number of aryl methyl sites for hydroxylation is 1. The number of pyridine rings is 1. The molecule has 114 valence electrons. The van der Waals surface area contributed by atoms with Gasteiger partial charge in [0, 0.05) is 10.7 Å². The SMILES string of the molecule is Cc1cc(C(F)(F)F)c2ncn(Cc3ccccc3Cl)c2n1. The smallest absolute Gasteiger partial charge is 0.311 e. The highest BCUT2D eigenvalue weighted by atomic mass is 35.5. The summed E-state index contributed by atoms with van der Waals surface area (Å²) in [5.74, 6) is 0. The molecule has 0 radical (unpaired) electrons. The normalized spacial score (nSPS) is 12.0. The first-order chi connectivity index (χ1) is 10.4. The minimum absolute atomic E-state index is 0.148. The molecule has 22 heavy (non-hydrogen) atoms. The molecule has 0 atom stereocenters. The first-order valence-electron chi connectivity index (χ1n) is 6.49. The van der Waals surface area contributed by atoms with E-state index >= 15 is 0 Å². The number of aromatic nitrogens is 3. The molecule has 0 fully saturated rings. The van der Waals surface area contributed by atoms with Crippen molar-refractivity contribution in [2.75, 3.05) is 0 Å². The predicted octanol–water partition coefficient (Wildman–Crippen LogP) is 4.46. The summed E-state index contributed by atoms with van der Waals surface area (Å²) >= 11 is 6.09. The van der Waals surface area contributed by atoms with Gasteiger partial charge in [0.1, 0.15) is 5.52 Å². The van der Waals surface area contributed by atoms with Crippen LogP contribution in [0.2, 0.25) is 5.02 Å². The molecule has 3 aromatic rings. The molecule has 0 aliphatic rings. The molecule has 0 N–H and O–H groups in total. The maximum Gasteiger partial charge on any atom is 0.418 e. The van der Waals surface area contributed by atoms with E-state index < -0.39 is 11.7 Å². The van der Waals surface area contributed by atoms with Gasteiger partial charge in [-0.1, -0.05) is 29.8 Å². The second kappa shape index (κ2) is 5.28. The molecule has 3 nitrogen and oxygen atoms in total. The van der Waals surface area contributed by atoms with Crippen molar-refractivity contribution in [2.24, 2.45) is 0 Å². The van der Waals surface area contributed by atoms with Crippen LogP contribution in [-0.2, 0) is 12.7 Å². The van der Waals surface area contributed by atoms with Crippen LogP contribution in [0.3, 0.4) is 0 Å². The van der Waals surface area contributed by atoms with Gasteiger partial charge in [0.05, 0.1) is 18.4 Å². The molecule has 2 aromatic heterocycles. The molecule has 0 saturated heterocycles. The molecular formula is C15H11ClF3N3. The average Bonchev–Trinajstić information content (AvgIpc) is 2.82. The van der Waals surface area contributed by atoms with Crippen molar-refractivity contribution < 1.29 is 13.2 Å². The third-order valence-electron chi connectivity index (χ3n) is 3.30. The van der Waals surface area contributed by atoms with E-state index in [1.54, 1.807) is 16.7 Å². The second-order valence-corrected chi connectivity index (χ2v) is 5.35. The van der Waals surface area contributed by atoms with Crippen LogP contribution in [0.25, 0.3) is 11.2 Å². The Kier molecular flexibility index (Phi) is 3.56. The van der Waals surface area contributed by atoms with Crippen molar-refractivity contribution in [3.8, 4) is 0 Å². The van der Waals surface area contributed by atoms with Crippen molar-refractivity contribution in [2.45, 2.75) is 19.6 Å². The Hall–Kier alpha value is -2.08. The summed E-state index contributed by atoms with van der Waals surface area (Å²) in [6.07, 6.45) is -3.11. The molecule has 0 saturated carbocycles. The van der Waals surface area contributed by atoms with Crippen LogP contribution in [0.1, 0.15) is 16.8 Å². The van der Waals surface area contributed by atoms with Crippen molar-refractivity contribution in [3.63, 3.8) is 0 Å². The number of fused-ring (bicyclic) bond motifs is 1. The third kappa shape index (κ3) is 2.66. The Morgan fingerprint density at radius 1 is 1.23 bits per heavy atom. The molecule has 7 heteroatoms. The van der Waals surface area contributed by atoms with Gasteiger partial charge in [-0.3, -0.25) is 0 Å². The molecule has 0 amide bonds. The van der Waals surface area contributed by atoms with Gasteiger partial charge in [-0.25, -0.2) is 9.97 Å². The van der Waals surface area contributed by atoms with Crippen molar-refractivity contribution in [1.82, 2.24) is 14.5 Å². The first-order valence-corrected chi connectivity index (χ1v) is 6.87. The highest BCUT2D eigenvalue weighted by molar-refractivity contribution is 6.31. The minimum Gasteiger partial charge on any atom is -0.311 e. The van der Waals surface area contributed by atoms with E-state index in [1.165, 1.54) is 13.3 Å². The van der Waals surface area contributed by atoms with E-state index in [9.17, 15) is 13.2 Å². The number of rotatable bonds is 2. The zero-order valence-corrected chi connectivity index (χ0v) is 12.3. The van der Waals surface area contributed by atoms with E-state index in [0.717, 1.165) is 11.6 Å². The van der Waals surface area contributed by atoms with Gasteiger partial charge in [0.25, 0.3) is 0 Å².